The van der Waals surface area contributed by atoms with Crippen molar-refractivity contribution in [3.05, 3.63) is 53.9 Å². The van der Waals surface area contributed by atoms with Gasteiger partial charge in [0.2, 0.25) is 0 Å². The van der Waals surface area contributed by atoms with E-state index in [-0.39, 0.29) is 5.41 Å². The van der Waals surface area contributed by atoms with Crippen LogP contribution in [-0.4, -0.2) is 4.98 Å². The molecule has 0 fully saturated rings. The summed E-state index contributed by atoms with van der Waals surface area (Å²) in [5.41, 5.74) is 5.12. The lowest BCUT2D eigenvalue weighted by molar-refractivity contribution is 0.590. The molecule has 0 unspecified atom stereocenters. The summed E-state index contributed by atoms with van der Waals surface area (Å²) in [7, 11) is 0. The summed E-state index contributed by atoms with van der Waals surface area (Å²) < 4.78 is 0. The largest absolute Gasteiger partial charge is 0.262 e. The lowest BCUT2D eigenvalue weighted by atomic mass is 9.85. The summed E-state index contributed by atoms with van der Waals surface area (Å²) >= 11 is 0. The Morgan fingerprint density at radius 2 is 1.65 bits per heavy atom. The van der Waals surface area contributed by atoms with Crippen LogP contribution in [0.3, 0.4) is 0 Å². The second-order valence-electron chi connectivity index (χ2n) is 5.52. The van der Waals surface area contributed by atoms with E-state index in [1.165, 1.54) is 16.7 Å². The third-order valence-electron chi connectivity index (χ3n) is 2.96. The number of pyridine rings is 1. The molecule has 0 amide bonds. The van der Waals surface area contributed by atoms with Gasteiger partial charge < -0.3 is 0 Å². The van der Waals surface area contributed by atoms with Gasteiger partial charge in [-0.15, -0.1) is 0 Å². The smallest absolute Gasteiger partial charge is 0.0378 e. The Kier molecular flexibility index (Phi) is 3.01. The van der Waals surface area contributed by atoms with E-state index in [4.69, 9.17) is 0 Å². The fraction of sp³-hybridized carbons (Fsp3) is 0.312. The SMILES string of the molecule is Cc1cc(-c2cccc(C(C)(C)C)c2)ccn1. The van der Waals surface area contributed by atoms with Crippen molar-refractivity contribution in [2.75, 3.05) is 0 Å². The van der Waals surface area contributed by atoms with Gasteiger partial charge in [0.05, 0.1) is 0 Å². The van der Waals surface area contributed by atoms with Crippen LogP contribution in [0.4, 0.5) is 0 Å². The van der Waals surface area contributed by atoms with Crippen molar-refractivity contribution in [2.45, 2.75) is 33.1 Å². The van der Waals surface area contributed by atoms with Crippen molar-refractivity contribution in [2.24, 2.45) is 0 Å². The first-order valence-corrected chi connectivity index (χ1v) is 6.00. The van der Waals surface area contributed by atoms with Gasteiger partial charge in [0, 0.05) is 11.9 Å². The second-order valence-corrected chi connectivity index (χ2v) is 5.52. The Morgan fingerprint density at radius 3 is 2.29 bits per heavy atom. The molecule has 0 saturated heterocycles. The number of aryl methyl sites for hydroxylation is 1. The van der Waals surface area contributed by atoms with Crippen LogP contribution in [0, 0.1) is 6.92 Å². The minimum absolute atomic E-state index is 0.193. The van der Waals surface area contributed by atoms with Crippen molar-refractivity contribution >= 4 is 0 Å². The van der Waals surface area contributed by atoms with Crippen LogP contribution in [0.2, 0.25) is 0 Å². The highest BCUT2D eigenvalue weighted by Gasteiger charge is 2.13. The summed E-state index contributed by atoms with van der Waals surface area (Å²) in [4.78, 5) is 4.24. The standard InChI is InChI=1S/C16H19N/c1-12-10-14(8-9-17-12)13-6-5-7-15(11-13)16(2,3)4/h5-11H,1-4H3. The average molecular weight is 225 g/mol. The van der Waals surface area contributed by atoms with Crippen LogP contribution < -0.4 is 0 Å². The molecule has 0 bridgehead atoms. The van der Waals surface area contributed by atoms with Gasteiger partial charge in [0.25, 0.3) is 0 Å². The summed E-state index contributed by atoms with van der Waals surface area (Å²) in [5, 5.41) is 0. The summed E-state index contributed by atoms with van der Waals surface area (Å²) in [6.07, 6.45) is 1.87. The Bertz CT molecular complexity index is 521. The molecule has 1 aromatic carbocycles. The van der Waals surface area contributed by atoms with Crippen LogP contribution in [0.15, 0.2) is 42.6 Å². The van der Waals surface area contributed by atoms with Gasteiger partial charge in [-0.2, -0.15) is 0 Å². The predicted octanol–water partition coefficient (Wildman–Crippen LogP) is 4.35. The quantitative estimate of drug-likeness (QED) is 0.703. The molecule has 2 rings (SSSR count). The number of rotatable bonds is 1. The third-order valence-corrected chi connectivity index (χ3v) is 2.96. The van der Waals surface area contributed by atoms with Crippen molar-refractivity contribution < 1.29 is 0 Å². The first-order chi connectivity index (χ1) is 7.97. The van der Waals surface area contributed by atoms with Gasteiger partial charge in [-0.05, 0) is 41.2 Å². The molecule has 0 spiro atoms. The van der Waals surface area contributed by atoms with Gasteiger partial charge in [0.1, 0.15) is 0 Å². The van der Waals surface area contributed by atoms with E-state index in [0.29, 0.717) is 0 Å². The maximum absolute atomic E-state index is 4.24. The zero-order valence-electron chi connectivity index (χ0n) is 11.0. The molecule has 2 aromatic rings. The molecule has 0 saturated carbocycles. The Balaban J connectivity index is 2.47. The average Bonchev–Trinajstić information content (AvgIpc) is 2.28. The fourth-order valence-corrected chi connectivity index (χ4v) is 1.89. The maximum Gasteiger partial charge on any atom is 0.0378 e. The van der Waals surface area contributed by atoms with Crippen molar-refractivity contribution in [1.29, 1.82) is 0 Å². The molecule has 1 heterocycles. The van der Waals surface area contributed by atoms with Gasteiger partial charge in [-0.25, -0.2) is 0 Å². The Hall–Kier alpha value is -1.63. The molecule has 0 aliphatic heterocycles. The van der Waals surface area contributed by atoms with Gasteiger partial charge in [-0.3, -0.25) is 4.98 Å². The Labute approximate surface area is 104 Å². The van der Waals surface area contributed by atoms with Crippen molar-refractivity contribution in [3.8, 4) is 11.1 Å². The molecule has 1 nitrogen and oxygen atoms in total. The first-order valence-electron chi connectivity index (χ1n) is 6.00. The van der Waals surface area contributed by atoms with Crippen LogP contribution >= 0.6 is 0 Å². The summed E-state index contributed by atoms with van der Waals surface area (Å²) in [6, 6.07) is 12.9. The highest BCUT2D eigenvalue weighted by Crippen LogP contribution is 2.27. The van der Waals surface area contributed by atoms with Crippen molar-refractivity contribution in [1.82, 2.24) is 4.98 Å². The molecule has 88 valence electrons. The van der Waals surface area contributed by atoms with E-state index in [2.05, 4.69) is 62.2 Å². The van der Waals surface area contributed by atoms with E-state index in [1.54, 1.807) is 0 Å². The molecular formula is C16H19N. The monoisotopic (exact) mass is 225 g/mol. The molecule has 0 N–H and O–H groups in total. The number of aromatic nitrogens is 1. The van der Waals surface area contributed by atoms with Crippen molar-refractivity contribution in [3.63, 3.8) is 0 Å². The lowest BCUT2D eigenvalue weighted by Crippen LogP contribution is -2.10. The van der Waals surface area contributed by atoms with E-state index < -0.39 is 0 Å². The summed E-state index contributed by atoms with van der Waals surface area (Å²) in [5.74, 6) is 0. The lowest BCUT2D eigenvalue weighted by Gasteiger charge is -2.19. The van der Waals surface area contributed by atoms with E-state index in [0.717, 1.165) is 5.69 Å². The van der Waals surface area contributed by atoms with E-state index in [1.807, 2.05) is 13.1 Å². The normalized spacial score (nSPS) is 11.5. The van der Waals surface area contributed by atoms with Gasteiger partial charge in [0.15, 0.2) is 0 Å². The maximum atomic E-state index is 4.24. The zero-order valence-corrected chi connectivity index (χ0v) is 11.0. The van der Waals surface area contributed by atoms with E-state index in [9.17, 15) is 0 Å². The first kappa shape index (κ1) is 11.8. The zero-order chi connectivity index (χ0) is 12.5. The van der Waals surface area contributed by atoms with Gasteiger partial charge in [-0.1, -0.05) is 45.0 Å². The fourth-order valence-electron chi connectivity index (χ4n) is 1.89. The van der Waals surface area contributed by atoms with E-state index >= 15 is 0 Å². The van der Waals surface area contributed by atoms with Crippen LogP contribution in [0.5, 0.6) is 0 Å². The minimum atomic E-state index is 0.193. The predicted molar refractivity (Wildman–Crippen MR) is 73.1 cm³/mol. The molecule has 0 atom stereocenters. The topological polar surface area (TPSA) is 12.9 Å². The molecule has 0 radical (unpaired) electrons. The molecule has 17 heavy (non-hydrogen) atoms. The molecular weight excluding hydrogens is 206 g/mol. The second kappa shape index (κ2) is 4.33. The van der Waals surface area contributed by atoms with Crippen LogP contribution in [0.25, 0.3) is 11.1 Å². The van der Waals surface area contributed by atoms with Crippen LogP contribution in [0.1, 0.15) is 32.0 Å². The Morgan fingerprint density at radius 1 is 0.941 bits per heavy atom. The minimum Gasteiger partial charge on any atom is -0.262 e. The number of hydrogen-bond acceptors (Lipinski definition) is 1. The number of benzene rings is 1. The number of hydrogen-bond donors (Lipinski definition) is 0. The highest BCUT2D eigenvalue weighted by molar-refractivity contribution is 5.64. The third kappa shape index (κ3) is 2.73. The number of nitrogens with zero attached hydrogens (tertiary/aromatic N) is 1. The highest BCUT2D eigenvalue weighted by atomic mass is 14.6. The van der Waals surface area contributed by atoms with Crippen LogP contribution in [-0.2, 0) is 5.41 Å². The van der Waals surface area contributed by atoms with Gasteiger partial charge >= 0.3 is 0 Å². The molecule has 1 heteroatoms. The molecule has 0 aliphatic carbocycles. The molecule has 0 aliphatic rings. The summed E-state index contributed by atoms with van der Waals surface area (Å²) in [6.45, 7) is 8.74. The molecule has 1 aromatic heterocycles.